The average Bonchev–Trinajstić information content (AvgIpc) is 3.28. The van der Waals surface area contributed by atoms with E-state index in [1.54, 1.807) is 6.08 Å². The Morgan fingerprint density at radius 1 is 0.974 bits per heavy atom. The molecule has 5 nitrogen and oxygen atoms in total. The van der Waals surface area contributed by atoms with Gasteiger partial charge in [-0.2, -0.15) is 0 Å². The number of hydrogen-bond donors (Lipinski definition) is 1. The van der Waals surface area contributed by atoms with E-state index >= 15 is 0 Å². The molecule has 0 aromatic heterocycles. The van der Waals surface area contributed by atoms with Crippen molar-refractivity contribution in [3.05, 3.63) is 85.0 Å². The van der Waals surface area contributed by atoms with E-state index in [-0.39, 0.29) is 36.7 Å². The van der Waals surface area contributed by atoms with Crippen LogP contribution in [0.3, 0.4) is 0 Å². The molecule has 38 heavy (non-hydrogen) atoms. The van der Waals surface area contributed by atoms with E-state index in [1.165, 1.54) is 30.4 Å². The second-order valence-corrected chi connectivity index (χ2v) is 10.5. The van der Waals surface area contributed by atoms with Gasteiger partial charge in [0.2, 0.25) is 0 Å². The molecule has 0 amide bonds. The molecular weight excluding hydrogens is 474 g/mol. The number of carbonyl (C=O) groups excluding carboxylic acids is 1. The predicted molar refractivity (Wildman–Crippen MR) is 153 cm³/mol. The highest BCUT2D eigenvalue weighted by Gasteiger charge is 2.45. The zero-order valence-corrected chi connectivity index (χ0v) is 22.5. The van der Waals surface area contributed by atoms with Gasteiger partial charge < -0.3 is 14.6 Å². The number of allylic oxidation sites excluding steroid dienone is 2. The van der Waals surface area contributed by atoms with Gasteiger partial charge in [-0.1, -0.05) is 85.8 Å². The summed E-state index contributed by atoms with van der Waals surface area (Å²) in [6.07, 6.45) is 12.8. The van der Waals surface area contributed by atoms with E-state index in [9.17, 15) is 9.90 Å². The van der Waals surface area contributed by atoms with Gasteiger partial charge in [-0.3, -0.25) is 9.69 Å². The highest BCUT2D eigenvalue weighted by Crippen LogP contribution is 2.38. The Morgan fingerprint density at radius 2 is 1.68 bits per heavy atom. The normalized spacial score (nSPS) is 24.0. The highest BCUT2D eigenvalue weighted by atomic mass is 16.5. The summed E-state index contributed by atoms with van der Waals surface area (Å²) in [4.78, 5) is 14.2. The summed E-state index contributed by atoms with van der Waals surface area (Å²) in [7, 11) is 0. The van der Waals surface area contributed by atoms with Gasteiger partial charge in [0, 0.05) is 24.8 Å². The maximum Gasteiger partial charge on any atom is 0.306 e. The van der Waals surface area contributed by atoms with Crippen LogP contribution in [0, 0.1) is 5.92 Å². The molecule has 1 saturated heterocycles. The number of ether oxygens (including phenoxy) is 2. The van der Waals surface area contributed by atoms with Crippen molar-refractivity contribution in [1.29, 1.82) is 0 Å². The maximum absolute atomic E-state index is 11.7. The number of aliphatic hydroxyl groups is 1. The molecule has 2 fully saturated rings. The highest BCUT2D eigenvalue weighted by molar-refractivity contribution is 5.69. The van der Waals surface area contributed by atoms with Crippen molar-refractivity contribution in [3.8, 4) is 11.1 Å². The molecule has 1 heterocycles. The molecule has 0 bridgehead atoms. The van der Waals surface area contributed by atoms with Crippen molar-refractivity contribution in [1.82, 2.24) is 4.90 Å². The summed E-state index contributed by atoms with van der Waals surface area (Å²) in [5, 5.41) is 11.1. The molecule has 4 rings (SSSR count). The first-order chi connectivity index (χ1) is 18.7. The van der Waals surface area contributed by atoms with E-state index in [0.717, 1.165) is 31.5 Å². The standard InChI is InChI=1S/C33H43NO4/c1-2-23-37-32(36)16-10-4-3-9-15-29-31(24-30(35)33(29)34-21-11-6-12-22-34)38-25-26-17-19-28(20-18-26)27-13-7-5-8-14-27/h2-5,7-8,13-14,17-20,29-31,33,35H,1,6,9-12,15-16,21-25H2/b4-3-/t29-,30-,31-,33+/m0/s1. The largest absolute Gasteiger partial charge is 0.461 e. The number of aliphatic hydroxyl groups excluding tert-OH is 1. The number of hydrogen-bond acceptors (Lipinski definition) is 5. The van der Waals surface area contributed by atoms with E-state index in [0.29, 0.717) is 25.9 Å². The van der Waals surface area contributed by atoms with Crippen LogP contribution in [-0.2, 0) is 20.9 Å². The van der Waals surface area contributed by atoms with E-state index in [1.807, 2.05) is 6.07 Å². The number of carbonyl (C=O) groups is 1. The molecule has 0 unspecified atom stereocenters. The Kier molecular flexibility index (Phi) is 11.2. The van der Waals surface area contributed by atoms with Crippen molar-refractivity contribution in [3.63, 3.8) is 0 Å². The average molecular weight is 518 g/mol. The Labute approximate surface area is 228 Å². The molecule has 5 heteroatoms. The molecule has 204 valence electrons. The van der Waals surface area contributed by atoms with Crippen molar-refractivity contribution in [2.75, 3.05) is 19.7 Å². The van der Waals surface area contributed by atoms with Gasteiger partial charge in [-0.05, 0) is 61.9 Å². The number of rotatable bonds is 13. The van der Waals surface area contributed by atoms with Crippen molar-refractivity contribution in [2.45, 2.75) is 76.2 Å². The molecular formula is C33H43NO4. The van der Waals surface area contributed by atoms with Crippen LogP contribution >= 0.6 is 0 Å². The van der Waals surface area contributed by atoms with Crippen LogP contribution in [0.25, 0.3) is 11.1 Å². The number of nitrogens with zero attached hydrogens (tertiary/aromatic N) is 1. The van der Waals surface area contributed by atoms with Gasteiger partial charge in [-0.25, -0.2) is 0 Å². The third-order valence-corrected chi connectivity index (χ3v) is 7.83. The fourth-order valence-electron chi connectivity index (χ4n) is 5.91. The Bertz CT molecular complexity index is 1010. The summed E-state index contributed by atoms with van der Waals surface area (Å²) < 4.78 is 11.5. The summed E-state index contributed by atoms with van der Waals surface area (Å²) in [6.45, 7) is 6.51. The summed E-state index contributed by atoms with van der Waals surface area (Å²) in [5.74, 6) is 0.0952. The van der Waals surface area contributed by atoms with Crippen molar-refractivity contribution in [2.24, 2.45) is 5.92 Å². The smallest absolute Gasteiger partial charge is 0.306 e. The van der Waals surface area contributed by atoms with Gasteiger partial charge in [-0.15, -0.1) is 0 Å². The Balaban J connectivity index is 1.33. The van der Waals surface area contributed by atoms with Crippen LogP contribution in [0.1, 0.15) is 56.9 Å². The van der Waals surface area contributed by atoms with Crippen LogP contribution < -0.4 is 0 Å². The summed E-state index contributed by atoms with van der Waals surface area (Å²) in [5.41, 5.74) is 3.57. The third kappa shape index (κ3) is 8.13. The lowest BCUT2D eigenvalue weighted by Gasteiger charge is -2.38. The topological polar surface area (TPSA) is 59.0 Å². The molecule has 2 aromatic carbocycles. The number of benzene rings is 2. The molecule has 1 aliphatic carbocycles. The fourth-order valence-corrected chi connectivity index (χ4v) is 5.91. The molecule has 4 atom stereocenters. The van der Waals surface area contributed by atoms with Gasteiger partial charge in [0.1, 0.15) is 6.61 Å². The molecule has 0 spiro atoms. The molecule has 1 saturated carbocycles. The SMILES string of the molecule is C=CCOC(=O)CC/C=C\CC[C@@H]1[C@@H](N2CCCCC2)[C@@H](O)C[C@@H]1OCc1ccc(-c2ccccc2)cc1. The Morgan fingerprint density at radius 3 is 2.42 bits per heavy atom. The van der Waals surface area contributed by atoms with Gasteiger partial charge >= 0.3 is 5.97 Å². The van der Waals surface area contributed by atoms with Crippen molar-refractivity contribution < 1.29 is 19.4 Å². The lowest BCUT2D eigenvalue weighted by molar-refractivity contribution is -0.142. The number of likely N-dealkylation sites (tertiary alicyclic amines) is 1. The zero-order chi connectivity index (χ0) is 26.6. The quantitative estimate of drug-likeness (QED) is 0.249. The van der Waals surface area contributed by atoms with Crippen LogP contribution in [0.5, 0.6) is 0 Å². The minimum Gasteiger partial charge on any atom is -0.461 e. The second kappa shape index (κ2) is 15.0. The fraction of sp³-hybridized carbons (Fsp3) is 0.485. The Hall–Kier alpha value is -2.73. The van der Waals surface area contributed by atoms with E-state index < -0.39 is 0 Å². The van der Waals surface area contributed by atoms with E-state index in [2.05, 4.69) is 72.2 Å². The minimum atomic E-state index is -0.354. The molecule has 2 aromatic rings. The monoisotopic (exact) mass is 517 g/mol. The summed E-state index contributed by atoms with van der Waals surface area (Å²) >= 11 is 0. The lowest BCUT2D eigenvalue weighted by Crippen LogP contribution is -2.47. The third-order valence-electron chi connectivity index (χ3n) is 7.83. The van der Waals surface area contributed by atoms with Crippen LogP contribution in [0.4, 0.5) is 0 Å². The first kappa shape index (κ1) is 28.3. The molecule has 0 radical (unpaired) electrons. The van der Waals surface area contributed by atoms with Crippen LogP contribution in [-0.4, -0.2) is 53.9 Å². The van der Waals surface area contributed by atoms with Crippen molar-refractivity contribution >= 4 is 5.97 Å². The van der Waals surface area contributed by atoms with Gasteiger partial charge in [0.05, 0.1) is 18.8 Å². The molecule has 1 N–H and O–H groups in total. The second-order valence-electron chi connectivity index (χ2n) is 10.5. The van der Waals surface area contributed by atoms with Gasteiger partial charge in [0.15, 0.2) is 0 Å². The first-order valence-corrected chi connectivity index (χ1v) is 14.3. The summed E-state index contributed by atoms with van der Waals surface area (Å²) in [6, 6.07) is 19.2. The number of esters is 1. The van der Waals surface area contributed by atoms with Gasteiger partial charge in [0.25, 0.3) is 0 Å². The zero-order valence-electron chi connectivity index (χ0n) is 22.5. The predicted octanol–water partition coefficient (Wildman–Crippen LogP) is 6.32. The first-order valence-electron chi connectivity index (χ1n) is 14.3. The lowest BCUT2D eigenvalue weighted by atomic mass is 9.92. The van der Waals surface area contributed by atoms with Crippen LogP contribution in [0.15, 0.2) is 79.4 Å². The maximum atomic E-state index is 11.7. The number of piperidine rings is 1. The van der Waals surface area contributed by atoms with E-state index in [4.69, 9.17) is 9.47 Å². The molecule has 2 aliphatic rings. The molecule has 1 aliphatic heterocycles. The van der Waals surface area contributed by atoms with Crippen LogP contribution in [0.2, 0.25) is 0 Å². The minimum absolute atomic E-state index is 0.0352.